The van der Waals surface area contributed by atoms with Crippen LogP contribution in [0, 0.1) is 5.41 Å². The van der Waals surface area contributed by atoms with Gasteiger partial charge in [0.1, 0.15) is 29.6 Å². The van der Waals surface area contributed by atoms with Crippen molar-refractivity contribution >= 4 is 41.6 Å². The highest BCUT2D eigenvalue weighted by Gasteiger charge is 2.54. The fourth-order valence-electron chi connectivity index (χ4n) is 4.97. The second kappa shape index (κ2) is 12.7. The van der Waals surface area contributed by atoms with E-state index < -0.39 is 50.4 Å². The Kier molecular flexibility index (Phi) is 9.28. The number of nitrogens with zero attached hydrogens (tertiary/aromatic N) is 4. The summed E-state index contributed by atoms with van der Waals surface area (Å²) in [6.07, 6.45) is -2.63. The molecule has 0 unspecified atom stereocenters. The van der Waals surface area contributed by atoms with Crippen molar-refractivity contribution in [2.45, 2.75) is 64.7 Å². The maximum atomic E-state index is 14.3. The number of nitrogen functional groups attached to an aromatic ring is 1. The number of ether oxygens (including phenoxy) is 3. The number of imidazole rings is 1. The van der Waals surface area contributed by atoms with Crippen molar-refractivity contribution < 1.29 is 42.8 Å². The number of aliphatic hydroxyl groups is 2. The molecule has 1 fully saturated rings. The quantitative estimate of drug-likeness (QED) is 0.135. The van der Waals surface area contributed by atoms with Crippen molar-refractivity contribution in [1.82, 2.24) is 24.6 Å². The summed E-state index contributed by atoms with van der Waals surface area (Å²) in [7, 11) is -2.97. The molecule has 1 aliphatic heterocycles. The number of fused-ring (bicyclic) bond motifs is 2. The summed E-state index contributed by atoms with van der Waals surface area (Å²) in [5, 5.41) is 26.7. The number of nitrogens with one attached hydrogen (secondary N) is 1. The Morgan fingerprint density at radius 1 is 1.22 bits per heavy atom. The highest BCUT2D eigenvalue weighted by molar-refractivity contribution is 7.52. The van der Waals surface area contributed by atoms with Gasteiger partial charge in [0, 0.05) is 5.39 Å². The van der Waals surface area contributed by atoms with Crippen LogP contribution in [0.15, 0.2) is 48.8 Å². The average Bonchev–Trinajstić information content (AvgIpc) is 3.51. The lowest BCUT2D eigenvalue weighted by atomic mass is 9.96. The molecule has 5 N–H and O–H groups in total. The Labute approximate surface area is 265 Å². The van der Waals surface area contributed by atoms with E-state index in [2.05, 4.69) is 20.0 Å². The first-order valence-electron chi connectivity index (χ1n) is 14.6. The van der Waals surface area contributed by atoms with Crippen LogP contribution in [-0.4, -0.2) is 79.9 Å². The summed E-state index contributed by atoms with van der Waals surface area (Å²) < 4.78 is 44.2. The number of rotatable bonds is 11. The zero-order valence-corrected chi connectivity index (χ0v) is 27.3. The topological polar surface area (TPSA) is 202 Å². The Morgan fingerprint density at radius 3 is 2.65 bits per heavy atom. The summed E-state index contributed by atoms with van der Waals surface area (Å²) in [5.74, 6) is -0.411. The molecular weight excluding hydrogens is 619 g/mol. The van der Waals surface area contributed by atoms with Gasteiger partial charge in [-0.3, -0.25) is 13.9 Å². The van der Waals surface area contributed by atoms with E-state index in [0.717, 1.165) is 5.39 Å². The van der Waals surface area contributed by atoms with Crippen LogP contribution in [0.1, 0.15) is 40.8 Å². The molecule has 2 aromatic heterocycles. The average molecular weight is 659 g/mol. The Morgan fingerprint density at radius 2 is 1.93 bits per heavy atom. The molecule has 2 aromatic carbocycles. The standard InChI is InChI=1S/C30H39N6O9P/c1-17(26(38)42-15-29(2,3)4)35-46(40,45-20-13-9-11-18-10-7-8-12-19(18)20)43-14-21-23(37)30(5,39)27(44-21)36-16-32-22-24(36)33-28(31)34-25(22)41-6/h7-13,16-17,21,23,27,37,39H,14-15H2,1-6H3,(H,35,40)(H2,31,33,34)/t17-,21+,23+,27+,30+,46-/m0/s1. The van der Waals surface area contributed by atoms with Gasteiger partial charge in [0.05, 0.1) is 26.7 Å². The van der Waals surface area contributed by atoms with Gasteiger partial charge in [-0.05, 0) is 30.7 Å². The zero-order chi connectivity index (χ0) is 33.4. The molecule has 0 radical (unpaired) electrons. The number of carbonyl (C=O) groups excluding carboxylic acids is 1. The Bertz CT molecular complexity index is 1770. The van der Waals surface area contributed by atoms with Gasteiger partial charge in [-0.15, -0.1) is 0 Å². The second-order valence-corrected chi connectivity index (χ2v) is 14.2. The van der Waals surface area contributed by atoms with E-state index in [0.29, 0.717) is 5.39 Å². The minimum atomic E-state index is -4.37. The van der Waals surface area contributed by atoms with E-state index in [4.69, 9.17) is 29.0 Å². The number of anilines is 1. The minimum absolute atomic E-state index is 0.100. The van der Waals surface area contributed by atoms with Crippen LogP contribution in [0.3, 0.4) is 0 Å². The van der Waals surface area contributed by atoms with Crippen LogP contribution < -0.4 is 20.1 Å². The fraction of sp³-hybridized carbons (Fsp3) is 0.467. The molecule has 5 rings (SSSR count). The molecule has 6 atom stereocenters. The minimum Gasteiger partial charge on any atom is -0.479 e. The molecule has 1 aliphatic rings. The summed E-state index contributed by atoms with van der Waals surface area (Å²) >= 11 is 0. The third-order valence-electron chi connectivity index (χ3n) is 7.34. The smallest absolute Gasteiger partial charge is 0.459 e. The Hall–Kier alpha value is -3.85. The first-order chi connectivity index (χ1) is 21.6. The molecule has 0 amide bonds. The number of hydrogen-bond donors (Lipinski definition) is 4. The van der Waals surface area contributed by atoms with Crippen molar-refractivity contribution in [2.24, 2.45) is 5.41 Å². The van der Waals surface area contributed by atoms with Gasteiger partial charge in [-0.25, -0.2) is 9.55 Å². The van der Waals surface area contributed by atoms with E-state index in [1.165, 1.54) is 31.9 Å². The van der Waals surface area contributed by atoms with Crippen molar-refractivity contribution in [1.29, 1.82) is 0 Å². The number of aromatic nitrogens is 4. The predicted molar refractivity (Wildman–Crippen MR) is 168 cm³/mol. The normalized spacial score (nSPS) is 23.7. The maximum Gasteiger partial charge on any atom is 0.459 e. The lowest BCUT2D eigenvalue weighted by Gasteiger charge is -2.27. The van der Waals surface area contributed by atoms with Crippen LogP contribution in [-0.2, 0) is 23.4 Å². The van der Waals surface area contributed by atoms with Crippen molar-refractivity contribution in [3.05, 3.63) is 48.8 Å². The number of benzene rings is 2. The predicted octanol–water partition coefficient (Wildman–Crippen LogP) is 3.35. The summed E-state index contributed by atoms with van der Waals surface area (Å²) in [4.78, 5) is 25.3. The molecule has 0 saturated carbocycles. The maximum absolute atomic E-state index is 14.3. The number of carbonyl (C=O) groups is 1. The monoisotopic (exact) mass is 658 g/mol. The molecule has 248 valence electrons. The van der Waals surface area contributed by atoms with Crippen LogP contribution in [0.25, 0.3) is 21.9 Å². The molecule has 0 aliphatic carbocycles. The molecular formula is C30H39N6O9P. The fourth-order valence-corrected chi connectivity index (χ4v) is 6.49. The summed E-state index contributed by atoms with van der Waals surface area (Å²) in [5.41, 5.74) is 4.11. The van der Waals surface area contributed by atoms with Gasteiger partial charge in [-0.1, -0.05) is 57.2 Å². The lowest BCUT2D eigenvalue weighted by molar-refractivity contribution is -0.148. The zero-order valence-electron chi connectivity index (χ0n) is 26.4. The molecule has 4 aromatic rings. The van der Waals surface area contributed by atoms with E-state index >= 15 is 0 Å². The van der Waals surface area contributed by atoms with Crippen LogP contribution in [0.4, 0.5) is 5.95 Å². The number of nitrogens with two attached hydrogens (primary N) is 1. The van der Waals surface area contributed by atoms with Crippen LogP contribution >= 0.6 is 7.75 Å². The highest BCUT2D eigenvalue weighted by Crippen LogP contribution is 2.48. The second-order valence-electron chi connectivity index (χ2n) is 12.5. The van der Waals surface area contributed by atoms with Crippen LogP contribution in [0.5, 0.6) is 11.6 Å². The number of aliphatic hydroxyl groups excluding tert-OH is 1. The largest absolute Gasteiger partial charge is 0.479 e. The van der Waals surface area contributed by atoms with Crippen LogP contribution in [0.2, 0.25) is 0 Å². The summed E-state index contributed by atoms with van der Waals surface area (Å²) in [6.45, 7) is 8.20. The third kappa shape index (κ3) is 6.94. The molecule has 0 bridgehead atoms. The van der Waals surface area contributed by atoms with E-state index in [1.807, 2.05) is 39.0 Å². The third-order valence-corrected chi connectivity index (χ3v) is 8.97. The SMILES string of the molecule is COc1nc(N)nc2c1ncn2[C@@H]1O[C@H](CO[P@@](=O)(N[C@@H](C)C(=O)OCC(C)(C)C)Oc2cccc3ccccc23)[C@@H](O)[C@@]1(C)O. The lowest BCUT2D eigenvalue weighted by Crippen LogP contribution is -2.44. The molecule has 0 spiro atoms. The van der Waals surface area contributed by atoms with E-state index in [9.17, 15) is 19.6 Å². The molecule has 1 saturated heterocycles. The van der Waals surface area contributed by atoms with E-state index in [-0.39, 0.29) is 40.8 Å². The van der Waals surface area contributed by atoms with E-state index in [1.54, 1.807) is 24.3 Å². The highest BCUT2D eigenvalue weighted by atomic mass is 31.2. The van der Waals surface area contributed by atoms with Gasteiger partial charge in [0.25, 0.3) is 0 Å². The van der Waals surface area contributed by atoms with Crippen molar-refractivity contribution in [3.63, 3.8) is 0 Å². The summed E-state index contributed by atoms with van der Waals surface area (Å²) in [6, 6.07) is 11.4. The molecule has 16 heteroatoms. The number of hydrogen-bond acceptors (Lipinski definition) is 13. The van der Waals surface area contributed by atoms with Gasteiger partial charge >= 0.3 is 13.7 Å². The van der Waals surface area contributed by atoms with Crippen molar-refractivity contribution in [2.75, 3.05) is 26.1 Å². The number of esters is 1. The molecule has 15 nitrogen and oxygen atoms in total. The van der Waals surface area contributed by atoms with Gasteiger partial charge in [0.2, 0.25) is 11.8 Å². The first kappa shape index (κ1) is 33.5. The molecule has 46 heavy (non-hydrogen) atoms. The Balaban J connectivity index is 1.40. The first-order valence-corrected chi connectivity index (χ1v) is 16.1. The van der Waals surface area contributed by atoms with Gasteiger partial charge in [-0.2, -0.15) is 15.1 Å². The van der Waals surface area contributed by atoms with Gasteiger partial charge < -0.3 is 34.7 Å². The van der Waals surface area contributed by atoms with Crippen molar-refractivity contribution in [3.8, 4) is 11.6 Å². The molecule has 3 heterocycles. The van der Waals surface area contributed by atoms with Gasteiger partial charge in [0.15, 0.2) is 17.4 Å². The number of methoxy groups -OCH3 is 1.